The number of nitrogens with zero attached hydrogens (tertiary/aromatic N) is 7. The molecular formula is C25H17Cl2F3N8O4S. The molecule has 0 spiro atoms. The first-order chi connectivity index (χ1) is 20.2. The van der Waals surface area contributed by atoms with E-state index in [4.69, 9.17) is 23.2 Å². The molecule has 0 saturated carbocycles. The molecule has 0 aliphatic carbocycles. The number of alkyl halides is 3. The molecule has 6 aromatic rings. The van der Waals surface area contributed by atoms with Crippen molar-refractivity contribution in [1.82, 2.24) is 39.5 Å². The lowest BCUT2D eigenvalue weighted by molar-refractivity contribution is -0.0501. The molecule has 12 nitrogen and oxygen atoms in total. The number of pyridine rings is 4. The van der Waals surface area contributed by atoms with Crippen molar-refractivity contribution in [2.45, 2.75) is 5.51 Å². The number of H-pyrrole nitrogens is 1. The molecule has 1 N–H and O–H groups in total. The summed E-state index contributed by atoms with van der Waals surface area (Å²) in [5.41, 5.74) is -1.65. The third kappa shape index (κ3) is 6.16. The second kappa shape index (κ2) is 11.3. The highest BCUT2D eigenvalue weighted by atomic mass is 35.5. The van der Waals surface area contributed by atoms with Crippen molar-refractivity contribution in [3.63, 3.8) is 0 Å². The normalized spacial score (nSPS) is 11.9. The lowest BCUT2D eigenvalue weighted by Gasteiger charge is -2.10. The highest BCUT2D eigenvalue weighted by molar-refractivity contribution is 7.87. The Kier molecular flexibility index (Phi) is 7.85. The Hall–Kier alpha value is -4.54. The van der Waals surface area contributed by atoms with Crippen LogP contribution in [0.2, 0.25) is 10.0 Å². The van der Waals surface area contributed by atoms with Gasteiger partial charge in [0.25, 0.3) is 0 Å². The number of fused-ring (bicyclic) bond motifs is 2. The first-order valence-electron chi connectivity index (χ1n) is 11.8. The molecule has 0 saturated heterocycles. The second-order valence-corrected chi connectivity index (χ2v) is 11.2. The van der Waals surface area contributed by atoms with Gasteiger partial charge in [-0.05, 0) is 12.1 Å². The molecule has 18 heteroatoms. The van der Waals surface area contributed by atoms with Crippen molar-refractivity contribution in [3.8, 4) is 28.1 Å². The average Bonchev–Trinajstić information content (AvgIpc) is 3.57. The standard InChI is InChI=1S/C13H8ClF3N4O3S.C12H9ClN4O/c1-21-6-7(4-19-21)8-5-18-9-2-3-10(20-12(9)11(8)14)24-25(22,23)13(15,16)17;1-17-6-7(4-15-17)8-5-14-9-2-3-10(18)16-12(9)11(8)13/h2-6H,1H3;2-6H,1H3,(H,16,18). The maximum atomic E-state index is 12.4. The van der Waals surface area contributed by atoms with E-state index in [1.54, 1.807) is 36.4 Å². The van der Waals surface area contributed by atoms with Crippen LogP contribution in [0.5, 0.6) is 5.88 Å². The smallest absolute Gasteiger partial charge is 0.355 e. The zero-order chi connectivity index (χ0) is 31.1. The van der Waals surface area contributed by atoms with E-state index in [1.807, 2.05) is 13.2 Å². The molecule has 6 rings (SSSR count). The Morgan fingerprint density at radius 1 is 0.837 bits per heavy atom. The van der Waals surface area contributed by atoms with Gasteiger partial charge >= 0.3 is 15.6 Å². The van der Waals surface area contributed by atoms with Crippen LogP contribution in [0, 0.1) is 0 Å². The Bertz CT molecular complexity index is 2160. The minimum absolute atomic E-state index is 0.00195. The number of nitrogens with one attached hydrogen (secondary N) is 1. The van der Waals surface area contributed by atoms with E-state index in [-0.39, 0.29) is 21.6 Å². The van der Waals surface area contributed by atoms with Crippen molar-refractivity contribution in [2.75, 3.05) is 0 Å². The molecule has 222 valence electrons. The molecule has 0 aliphatic rings. The number of halogens is 5. The molecule has 0 radical (unpaired) electrons. The van der Waals surface area contributed by atoms with Crippen LogP contribution in [0.4, 0.5) is 13.2 Å². The first kappa shape index (κ1) is 29.9. The number of aromatic nitrogens is 8. The van der Waals surface area contributed by atoms with Crippen LogP contribution in [0.3, 0.4) is 0 Å². The van der Waals surface area contributed by atoms with E-state index in [0.717, 1.165) is 17.2 Å². The summed E-state index contributed by atoms with van der Waals surface area (Å²) in [6.07, 6.45) is 9.86. The molecular weight excluding hydrogens is 636 g/mol. The second-order valence-electron chi connectivity index (χ2n) is 8.86. The minimum Gasteiger partial charge on any atom is -0.355 e. The van der Waals surface area contributed by atoms with Crippen LogP contribution >= 0.6 is 23.2 Å². The van der Waals surface area contributed by atoms with Gasteiger partial charge in [0.05, 0.1) is 39.0 Å². The predicted molar refractivity (Wildman–Crippen MR) is 152 cm³/mol. The van der Waals surface area contributed by atoms with E-state index in [1.165, 1.54) is 29.2 Å². The van der Waals surface area contributed by atoms with Gasteiger partial charge in [0.1, 0.15) is 5.52 Å². The largest absolute Gasteiger partial charge is 0.534 e. The average molecular weight is 653 g/mol. The van der Waals surface area contributed by atoms with E-state index in [9.17, 15) is 26.4 Å². The minimum atomic E-state index is -5.83. The van der Waals surface area contributed by atoms with Crippen molar-refractivity contribution in [1.29, 1.82) is 0 Å². The van der Waals surface area contributed by atoms with Gasteiger partial charge in [0, 0.05) is 73.3 Å². The molecule has 6 aromatic heterocycles. The summed E-state index contributed by atoms with van der Waals surface area (Å²) in [5.74, 6) is -0.767. The zero-order valence-corrected chi connectivity index (χ0v) is 24.2. The predicted octanol–water partition coefficient (Wildman–Crippen LogP) is 4.89. The van der Waals surface area contributed by atoms with Gasteiger partial charge in [-0.25, -0.2) is 4.98 Å². The lowest BCUT2D eigenvalue weighted by atomic mass is 10.1. The third-order valence-electron chi connectivity index (χ3n) is 5.82. The van der Waals surface area contributed by atoms with Gasteiger partial charge in [-0.15, -0.1) is 0 Å². The van der Waals surface area contributed by atoms with Gasteiger partial charge in [0.15, 0.2) is 0 Å². The highest BCUT2D eigenvalue weighted by Gasteiger charge is 2.48. The molecule has 0 unspecified atom stereocenters. The fourth-order valence-corrected chi connectivity index (χ4v) is 4.83. The molecule has 0 aliphatic heterocycles. The topological polar surface area (TPSA) is 151 Å². The van der Waals surface area contributed by atoms with Gasteiger partial charge in [-0.3, -0.25) is 24.1 Å². The molecule has 0 amide bonds. The fourth-order valence-electron chi connectivity index (χ4n) is 3.81. The van der Waals surface area contributed by atoms with Crippen LogP contribution in [-0.4, -0.2) is 53.4 Å². The van der Waals surface area contributed by atoms with Gasteiger partial charge in [0.2, 0.25) is 11.4 Å². The highest BCUT2D eigenvalue weighted by Crippen LogP contribution is 2.34. The van der Waals surface area contributed by atoms with E-state index in [2.05, 4.69) is 34.3 Å². The van der Waals surface area contributed by atoms with Crippen LogP contribution < -0.4 is 9.74 Å². The number of hydrogen-bond acceptors (Lipinski definition) is 9. The van der Waals surface area contributed by atoms with Crippen molar-refractivity contribution in [3.05, 3.63) is 81.8 Å². The molecule has 6 heterocycles. The molecule has 0 atom stereocenters. The molecule has 43 heavy (non-hydrogen) atoms. The van der Waals surface area contributed by atoms with Crippen molar-refractivity contribution < 1.29 is 25.8 Å². The zero-order valence-electron chi connectivity index (χ0n) is 21.8. The monoisotopic (exact) mass is 652 g/mol. The summed E-state index contributed by atoms with van der Waals surface area (Å²) in [4.78, 5) is 26.2. The number of rotatable bonds is 4. The van der Waals surface area contributed by atoms with Crippen molar-refractivity contribution in [2.24, 2.45) is 14.1 Å². The quantitative estimate of drug-likeness (QED) is 0.207. The van der Waals surface area contributed by atoms with Gasteiger partial charge in [-0.1, -0.05) is 23.2 Å². The first-order valence-corrected chi connectivity index (χ1v) is 14.0. The summed E-state index contributed by atoms with van der Waals surface area (Å²) in [6.45, 7) is 0. The van der Waals surface area contributed by atoms with Crippen LogP contribution in [-0.2, 0) is 24.2 Å². The summed E-state index contributed by atoms with van der Waals surface area (Å²) in [7, 11) is -2.31. The van der Waals surface area contributed by atoms with Crippen LogP contribution in [0.15, 0.2) is 66.2 Å². The number of hydrogen-bond donors (Lipinski definition) is 1. The maximum absolute atomic E-state index is 12.4. The molecule has 0 fully saturated rings. The van der Waals surface area contributed by atoms with Crippen LogP contribution in [0.1, 0.15) is 0 Å². The van der Waals surface area contributed by atoms with Crippen LogP contribution in [0.25, 0.3) is 44.3 Å². The Morgan fingerprint density at radius 3 is 1.95 bits per heavy atom. The van der Waals surface area contributed by atoms with Crippen molar-refractivity contribution >= 4 is 55.4 Å². The summed E-state index contributed by atoms with van der Waals surface area (Å²) in [5, 5.41) is 8.63. The van der Waals surface area contributed by atoms with Gasteiger partial charge < -0.3 is 9.17 Å². The summed E-state index contributed by atoms with van der Waals surface area (Å²) in [6, 6.07) is 5.28. The van der Waals surface area contributed by atoms with Gasteiger partial charge in [-0.2, -0.15) is 31.8 Å². The Morgan fingerprint density at radius 2 is 1.40 bits per heavy atom. The van der Waals surface area contributed by atoms with E-state index < -0.39 is 21.5 Å². The molecule has 0 aromatic carbocycles. The third-order valence-corrected chi connectivity index (χ3v) is 7.55. The Balaban J connectivity index is 0.000000180. The van der Waals surface area contributed by atoms with E-state index >= 15 is 0 Å². The molecule has 0 bridgehead atoms. The maximum Gasteiger partial charge on any atom is 0.534 e. The lowest BCUT2D eigenvalue weighted by Crippen LogP contribution is -2.28. The number of aromatic amines is 1. The summed E-state index contributed by atoms with van der Waals surface area (Å²) < 4.78 is 66.6. The number of aryl methyl sites for hydroxylation is 2. The Labute approximate surface area is 249 Å². The summed E-state index contributed by atoms with van der Waals surface area (Å²) >= 11 is 12.6. The SMILES string of the molecule is Cn1cc(-c2cnc3ccc(=O)[nH]c3c2Cl)cn1.Cn1cc(-c2cnc3ccc(OS(=O)(=O)C(F)(F)F)nc3c2Cl)cn1. The fraction of sp³-hybridized carbons (Fsp3) is 0.120. The van der Waals surface area contributed by atoms with E-state index in [0.29, 0.717) is 27.2 Å².